The number of anilines is 2. The molecule has 0 radical (unpaired) electrons. The minimum Gasteiger partial charge on any atom is -0.339 e. The van der Waals surface area contributed by atoms with Gasteiger partial charge in [-0.15, -0.1) is 0 Å². The molecule has 2 aliphatic carbocycles. The van der Waals surface area contributed by atoms with Gasteiger partial charge in [-0.1, -0.05) is 18.9 Å². The number of aromatic nitrogens is 2. The SMILES string of the molecule is CN1CCC23CCCC[C@H]2[C@H]1Cc1ccc(Nc2cnccn2)cc13. The molecule has 5 rings (SSSR count). The first kappa shape index (κ1) is 15.3. The number of hydrogen-bond acceptors (Lipinski definition) is 4. The molecule has 0 spiro atoms. The predicted molar refractivity (Wildman–Crippen MR) is 100 cm³/mol. The molecule has 2 heterocycles. The first-order chi connectivity index (χ1) is 12.3. The summed E-state index contributed by atoms with van der Waals surface area (Å²) in [6, 6.07) is 7.72. The molecule has 4 heteroatoms. The van der Waals surface area contributed by atoms with Crippen molar-refractivity contribution in [3.8, 4) is 0 Å². The summed E-state index contributed by atoms with van der Waals surface area (Å²) < 4.78 is 0. The zero-order valence-electron chi connectivity index (χ0n) is 14.9. The quantitative estimate of drug-likeness (QED) is 0.904. The Kier molecular flexibility index (Phi) is 3.56. The van der Waals surface area contributed by atoms with Crippen LogP contribution in [0, 0.1) is 5.92 Å². The Balaban J connectivity index is 1.56. The Hall–Kier alpha value is -1.94. The Morgan fingerprint density at radius 3 is 3.04 bits per heavy atom. The van der Waals surface area contributed by atoms with Crippen molar-refractivity contribution in [2.75, 3.05) is 18.9 Å². The highest BCUT2D eigenvalue weighted by molar-refractivity contribution is 5.59. The van der Waals surface area contributed by atoms with Crippen LogP contribution in [0.3, 0.4) is 0 Å². The first-order valence-corrected chi connectivity index (χ1v) is 9.63. The van der Waals surface area contributed by atoms with Crippen molar-refractivity contribution in [1.29, 1.82) is 0 Å². The maximum absolute atomic E-state index is 4.36. The Morgan fingerprint density at radius 1 is 1.20 bits per heavy atom. The van der Waals surface area contributed by atoms with Crippen LogP contribution in [0.5, 0.6) is 0 Å². The molecule has 25 heavy (non-hydrogen) atoms. The van der Waals surface area contributed by atoms with Crippen molar-refractivity contribution >= 4 is 11.5 Å². The summed E-state index contributed by atoms with van der Waals surface area (Å²) in [5.74, 6) is 1.65. The number of likely N-dealkylation sites (tertiary alicyclic amines) is 1. The van der Waals surface area contributed by atoms with Crippen molar-refractivity contribution in [2.24, 2.45) is 5.92 Å². The number of benzene rings is 1. The normalized spacial score (nSPS) is 31.1. The third-order valence-electron chi connectivity index (χ3n) is 6.95. The van der Waals surface area contributed by atoms with Crippen LogP contribution in [-0.4, -0.2) is 34.5 Å². The van der Waals surface area contributed by atoms with Crippen molar-refractivity contribution in [3.05, 3.63) is 47.9 Å². The molecule has 1 unspecified atom stereocenters. The molecule has 2 fully saturated rings. The summed E-state index contributed by atoms with van der Waals surface area (Å²) in [5.41, 5.74) is 4.74. The van der Waals surface area contributed by atoms with Gasteiger partial charge in [0.15, 0.2) is 0 Å². The van der Waals surface area contributed by atoms with E-state index in [1.807, 2.05) is 0 Å². The number of likely N-dealkylation sites (N-methyl/N-ethyl adjacent to an activating group) is 1. The van der Waals surface area contributed by atoms with Gasteiger partial charge in [0.25, 0.3) is 0 Å². The molecule has 1 saturated carbocycles. The molecule has 0 amide bonds. The van der Waals surface area contributed by atoms with E-state index in [0.29, 0.717) is 5.41 Å². The van der Waals surface area contributed by atoms with Gasteiger partial charge < -0.3 is 10.2 Å². The zero-order valence-corrected chi connectivity index (χ0v) is 14.9. The minimum absolute atomic E-state index is 0.406. The van der Waals surface area contributed by atoms with E-state index in [-0.39, 0.29) is 0 Å². The summed E-state index contributed by atoms with van der Waals surface area (Å²) in [6.45, 7) is 1.24. The summed E-state index contributed by atoms with van der Waals surface area (Å²) in [6.07, 6.45) is 13.3. The second-order valence-corrected chi connectivity index (χ2v) is 8.10. The van der Waals surface area contributed by atoms with Crippen LogP contribution in [0.2, 0.25) is 0 Å². The van der Waals surface area contributed by atoms with Gasteiger partial charge in [0.1, 0.15) is 5.82 Å². The second-order valence-electron chi connectivity index (χ2n) is 8.10. The lowest BCUT2D eigenvalue weighted by Crippen LogP contribution is -2.59. The summed E-state index contributed by atoms with van der Waals surface area (Å²) in [7, 11) is 2.33. The van der Waals surface area contributed by atoms with E-state index in [2.05, 4.69) is 45.4 Å². The maximum atomic E-state index is 4.36. The van der Waals surface area contributed by atoms with Gasteiger partial charge in [0.2, 0.25) is 0 Å². The lowest BCUT2D eigenvalue weighted by molar-refractivity contribution is 0.00290. The van der Waals surface area contributed by atoms with Crippen LogP contribution < -0.4 is 5.32 Å². The Labute approximate surface area is 149 Å². The highest BCUT2D eigenvalue weighted by Gasteiger charge is 2.52. The largest absolute Gasteiger partial charge is 0.339 e. The van der Waals surface area contributed by atoms with Crippen LogP contribution >= 0.6 is 0 Å². The highest BCUT2D eigenvalue weighted by Crippen LogP contribution is 2.55. The molecule has 2 aromatic rings. The third kappa shape index (κ3) is 2.38. The molecule has 3 aliphatic rings. The van der Waals surface area contributed by atoms with Crippen LogP contribution in [0.15, 0.2) is 36.8 Å². The van der Waals surface area contributed by atoms with E-state index in [0.717, 1.165) is 23.5 Å². The monoisotopic (exact) mass is 334 g/mol. The molecule has 1 aromatic heterocycles. The summed E-state index contributed by atoms with van der Waals surface area (Å²) >= 11 is 0. The van der Waals surface area contributed by atoms with E-state index in [1.54, 1.807) is 29.7 Å². The van der Waals surface area contributed by atoms with Crippen LogP contribution in [0.25, 0.3) is 0 Å². The van der Waals surface area contributed by atoms with Gasteiger partial charge in [-0.2, -0.15) is 0 Å². The average Bonchev–Trinajstić information content (AvgIpc) is 2.66. The smallest absolute Gasteiger partial charge is 0.148 e. The predicted octanol–water partition coefficient (Wildman–Crippen LogP) is 3.91. The van der Waals surface area contributed by atoms with Crippen LogP contribution in [0.4, 0.5) is 11.5 Å². The third-order valence-corrected chi connectivity index (χ3v) is 6.95. The van der Waals surface area contributed by atoms with Crippen molar-refractivity contribution < 1.29 is 0 Å². The van der Waals surface area contributed by atoms with Gasteiger partial charge in [0, 0.05) is 29.5 Å². The number of nitrogens with one attached hydrogen (secondary N) is 1. The van der Waals surface area contributed by atoms with E-state index < -0.39 is 0 Å². The fraction of sp³-hybridized carbons (Fsp3) is 0.524. The molecular weight excluding hydrogens is 308 g/mol. The topological polar surface area (TPSA) is 41.0 Å². The number of nitrogens with zero attached hydrogens (tertiary/aromatic N) is 3. The van der Waals surface area contributed by atoms with Gasteiger partial charge in [-0.3, -0.25) is 4.98 Å². The molecular formula is C21H26N4. The Morgan fingerprint density at radius 2 is 2.16 bits per heavy atom. The molecule has 1 saturated heterocycles. The highest BCUT2D eigenvalue weighted by atomic mass is 15.2. The van der Waals surface area contributed by atoms with Crippen LogP contribution in [-0.2, 0) is 11.8 Å². The van der Waals surface area contributed by atoms with E-state index in [1.165, 1.54) is 45.1 Å². The molecule has 130 valence electrons. The summed E-state index contributed by atoms with van der Waals surface area (Å²) in [5, 5.41) is 3.44. The summed E-state index contributed by atoms with van der Waals surface area (Å²) in [4.78, 5) is 11.1. The fourth-order valence-corrected chi connectivity index (χ4v) is 5.79. The van der Waals surface area contributed by atoms with E-state index in [4.69, 9.17) is 0 Å². The van der Waals surface area contributed by atoms with Gasteiger partial charge >= 0.3 is 0 Å². The molecule has 3 atom stereocenters. The lowest BCUT2D eigenvalue weighted by Gasteiger charge is -2.58. The maximum Gasteiger partial charge on any atom is 0.148 e. The fourth-order valence-electron chi connectivity index (χ4n) is 5.79. The number of rotatable bonds is 2. The molecule has 1 N–H and O–H groups in total. The van der Waals surface area contributed by atoms with E-state index in [9.17, 15) is 0 Å². The standard InChI is InChI=1S/C21H26N4/c1-25-11-8-21-7-3-2-4-17(21)19(25)12-15-5-6-16(13-18(15)21)24-20-14-22-9-10-23-20/h5-6,9-10,13-14,17,19H,2-4,7-8,11-12H2,1H3,(H,23,24)/t17-,19+,21?/m0/s1. The van der Waals surface area contributed by atoms with Crippen molar-refractivity contribution in [1.82, 2.24) is 14.9 Å². The van der Waals surface area contributed by atoms with Gasteiger partial charge in [-0.25, -0.2) is 4.98 Å². The molecule has 2 bridgehead atoms. The van der Waals surface area contributed by atoms with Crippen molar-refractivity contribution in [2.45, 2.75) is 50.0 Å². The van der Waals surface area contributed by atoms with Gasteiger partial charge in [-0.05, 0) is 68.5 Å². The second kappa shape index (κ2) is 5.80. The van der Waals surface area contributed by atoms with Gasteiger partial charge in [0.05, 0.1) is 6.20 Å². The average molecular weight is 334 g/mol. The van der Waals surface area contributed by atoms with Crippen molar-refractivity contribution in [3.63, 3.8) is 0 Å². The molecule has 1 aliphatic heterocycles. The zero-order chi connectivity index (χ0) is 16.9. The molecule has 4 nitrogen and oxygen atoms in total. The number of fused-ring (bicyclic) bond motifs is 1. The number of piperidine rings is 1. The van der Waals surface area contributed by atoms with Crippen LogP contribution in [0.1, 0.15) is 43.2 Å². The molecule has 1 aromatic carbocycles. The first-order valence-electron chi connectivity index (χ1n) is 9.63. The lowest BCUT2D eigenvalue weighted by atomic mass is 9.52. The number of hydrogen-bond donors (Lipinski definition) is 1. The Bertz CT molecular complexity index is 775. The minimum atomic E-state index is 0.406. The van der Waals surface area contributed by atoms with E-state index >= 15 is 0 Å².